The van der Waals surface area contributed by atoms with E-state index in [9.17, 15) is 8.42 Å². The first kappa shape index (κ1) is 24.1. The second-order valence-corrected chi connectivity index (χ2v) is 10.2. The molecule has 10 heteroatoms. The van der Waals surface area contributed by atoms with Crippen molar-refractivity contribution in [3.8, 4) is 17.9 Å². The highest BCUT2D eigenvalue weighted by Crippen LogP contribution is 2.19. The third-order valence-electron chi connectivity index (χ3n) is 5.89. The first-order valence-electron chi connectivity index (χ1n) is 11.2. The highest BCUT2D eigenvalue weighted by atomic mass is 32.2. The number of sulfonamides is 1. The van der Waals surface area contributed by atoms with Crippen LogP contribution < -0.4 is 9.46 Å². The fraction of sp³-hybridized carbons (Fsp3) is 0.417. The molecule has 2 aliphatic rings. The number of benzene rings is 2. The molecule has 178 valence electrons. The van der Waals surface area contributed by atoms with Crippen LogP contribution >= 0.6 is 0 Å². The molecule has 2 saturated heterocycles. The predicted molar refractivity (Wildman–Crippen MR) is 125 cm³/mol. The van der Waals surface area contributed by atoms with Gasteiger partial charge in [-0.3, -0.25) is 9.80 Å². The Balaban J connectivity index is 1.20. The van der Waals surface area contributed by atoms with Gasteiger partial charge in [0.2, 0.25) is 10.0 Å². The van der Waals surface area contributed by atoms with Gasteiger partial charge < -0.3 is 9.47 Å². The number of hydrogen-bond donors (Lipinski definition) is 1. The molecule has 0 spiro atoms. The van der Waals surface area contributed by atoms with Crippen LogP contribution in [0.4, 0.5) is 0 Å². The van der Waals surface area contributed by atoms with Gasteiger partial charge in [0.15, 0.2) is 0 Å². The van der Waals surface area contributed by atoms with E-state index in [1.165, 1.54) is 12.1 Å². The van der Waals surface area contributed by atoms with Crippen LogP contribution in [0.5, 0.6) is 5.75 Å². The molecule has 1 N–H and O–H groups in total. The van der Waals surface area contributed by atoms with Crippen LogP contribution in [-0.2, 0) is 14.8 Å². The maximum Gasteiger partial charge on any atom is 0.240 e. The molecule has 2 fully saturated rings. The Bertz CT molecular complexity index is 1160. The fourth-order valence-electron chi connectivity index (χ4n) is 4.30. The summed E-state index contributed by atoms with van der Waals surface area (Å²) in [5, 5.41) is 17.9. The molecule has 4 rings (SSSR count). The van der Waals surface area contributed by atoms with Crippen LogP contribution in [-0.4, -0.2) is 82.8 Å². The topological polar surface area (TPSA) is 119 Å². The highest BCUT2D eigenvalue weighted by Gasteiger charge is 2.34. The third-order valence-corrected chi connectivity index (χ3v) is 7.34. The molecule has 9 nitrogen and oxygen atoms in total. The second-order valence-electron chi connectivity index (χ2n) is 8.42. The summed E-state index contributed by atoms with van der Waals surface area (Å²) in [7, 11) is -3.66. The Hall–Kier alpha value is -2.99. The van der Waals surface area contributed by atoms with Gasteiger partial charge >= 0.3 is 0 Å². The summed E-state index contributed by atoms with van der Waals surface area (Å²) in [4.78, 5) is 4.67. The van der Waals surface area contributed by atoms with Crippen molar-refractivity contribution in [2.24, 2.45) is 0 Å². The molecule has 2 heterocycles. The number of nitrogens with zero attached hydrogens (tertiary/aromatic N) is 4. The minimum atomic E-state index is -3.66. The molecule has 0 radical (unpaired) electrons. The average Bonchev–Trinajstić information content (AvgIpc) is 2.84. The minimum absolute atomic E-state index is 0.0753. The van der Waals surface area contributed by atoms with E-state index in [1.54, 1.807) is 36.4 Å². The Kier molecular flexibility index (Phi) is 7.78. The van der Waals surface area contributed by atoms with Crippen LogP contribution in [0.1, 0.15) is 11.1 Å². The van der Waals surface area contributed by atoms with E-state index in [-0.39, 0.29) is 17.1 Å². The average molecular weight is 482 g/mol. The molecule has 34 heavy (non-hydrogen) atoms. The van der Waals surface area contributed by atoms with Crippen LogP contribution in [0.15, 0.2) is 53.4 Å². The smallest absolute Gasteiger partial charge is 0.240 e. The van der Waals surface area contributed by atoms with Crippen molar-refractivity contribution in [2.75, 3.05) is 52.4 Å². The lowest BCUT2D eigenvalue weighted by molar-refractivity contribution is -0.138. The molecule has 2 aliphatic heterocycles. The van der Waals surface area contributed by atoms with E-state index in [0.29, 0.717) is 30.8 Å². The van der Waals surface area contributed by atoms with Crippen molar-refractivity contribution >= 4 is 10.0 Å². The zero-order valence-corrected chi connectivity index (χ0v) is 19.6. The van der Waals surface area contributed by atoms with Gasteiger partial charge in [-0.15, -0.1) is 0 Å². The zero-order chi connectivity index (χ0) is 24.0. The highest BCUT2D eigenvalue weighted by molar-refractivity contribution is 7.89. The van der Waals surface area contributed by atoms with Gasteiger partial charge in [0, 0.05) is 45.8 Å². The largest absolute Gasteiger partial charge is 0.492 e. The number of ether oxygens (including phenoxy) is 2. The van der Waals surface area contributed by atoms with Gasteiger partial charge in [-0.05, 0) is 42.5 Å². The summed E-state index contributed by atoms with van der Waals surface area (Å²) >= 11 is 0. The van der Waals surface area contributed by atoms with Crippen molar-refractivity contribution in [1.29, 1.82) is 10.5 Å². The monoisotopic (exact) mass is 481 g/mol. The summed E-state index contributed by atoms with van der Waals surface area (Å²) < 4.78 is 39.6. The number of morpholine rings is 2. The number of nitrogens with one attached hydrogen (secondary N) is 1. The Morgan fingerprint density at radius 1 is 0.941 bits per heavy atom. The summed E-state index contributed by atoms with van der Waals surface area (Å²) in [6.07, 6.45) is 0.151. The van der Waals surface area contributed by atoms with Gasteiger partial charge in [-0.2, -0.15) is 10.5 Å². The molecule has 0 amide bonds. The Morgan fingerprint density at radius 2 is 1.59 bits per heavy atom. The summed E-state index contributed by atoms with van der Waals surface area (Å²) in [6.45, 7) is 5.33. The molecular formula is C24H27N5O4S. The molecule has 0 aliphatic carbocycles. The molecule has 0 saturated carbocycles. The number of nitriles is 2. The SMILES string of the molecule is N#Cc1ccc(OCCN2CC3CN(CCNS(=O)(=O)c4cccc(C#N)c4)CC(C2)O3)cc1. The maximum absolute atomic E-state index is 12.5. The van der Waals surface area contributed by atoms with Crippen molar-refractivity contribution in [3.63, 3.8) is 0 Å². The number of hydrogen-bond acceptors (Lipinski definition) is 8. The molecule has 2 aromatic carbocycles. The molecule has 0 aromatic heterocycles. The van der Waals surface area contributed by atoms with E-state index >= 15 is 0 Å². The minimum Gasteiger partial charge on any atom is -0.492 e. The van der Waals surface area contributed by atoms with E-state index in [4.69, 9.17) is 20.0 Å². The first-order valence-corrected chi connectivity index (χ1v) is 12.7. The third kappa shape index (κ3) is 6.32. The Morgan fingerprint density at radius 3 is 2.24 bits per heavy atom. The standard InChI is InChI=1S/C24H27N5O4S/c25-13-19-4-6-21(7-5-19)32-11-10-29-17-22-15-28(16-23(18-29)33-22)9-8-27-34(30,31)24-3-1-2-20(12-24)14-26/h1-7,12,22-23,27H,8-11,15-18H2. The van der Waals surface area contributed by atoms with Crippen molar-refractivity contribution in [2.45, 2.75) is 17.1 Å². The van der Waals surface area contributed by atoms with Gasteiger partial charge in [-0.1, -0.05) is 6.07 Å². The second kappa shape index (κ2) is 11.0. The molecule has 2 unspecified atom stereocenters. The van der Waals surface area contributed by atoms with Crippen molar-refractivity contribution in [3.05, 3.63) is 59.7 Å². The fourth-order valence-corrected chi connectivity index (χ4v) is 5.36. The van der Waals surface area contributed by atoms with E-state index < -0.39 is 10.0 Å². The van der Waals surface area contributed by atoms with Crippen LogP contribution in [0.2, 0.25) is 0 Å². The lowest BCUT2D eigenvalue weighted by atomic mass is 10.1. The van der Waals surface area contributed by atoms with Crippen LogP contribution in [0.3, 0.4) is 0 Å². The maximum atomic E-state index is 12.5. The number of fused-ring (bicyclic) bond motifs is 2. The predicted octanol–water partition coefficient (Wildman–Crippen LogP) is 1.17. The molecular weight excluding hydrogens is 454 g/mol. The van der Waals surface area contributed by atoms with E-state index in [0.717, 1.165) is 38.5 Å². The molecule has 2 aromatic rings. The quantitative estimate of drug-likeness (QED) is 0.567. The normalized spacial score (nSPS) is 20.9. The summed E-state index contributed by atoms with van der Waals surface area (Å²) in [5.41, 5.74) is 0.926. The molecule has 2 atom stereocenters. The van der Waals surface area contributed by atoms with E-state index in [2.05, 4.69) is 20.6 Å². The van der Waals surface area contributed by atoms with Gasteiger partial charge in [-0.25, -0.2) is 13.1 Å². The zero-order valence-electron chi connectivity index (χ0n) is 18.8. The molecule has 2 bridgehead atoms. The van der Waals surface area contributed by atoms with Gasteiger partial charge in [0.05, 0.1) is 40.4 Å². The van der Waals surface area contributed by atoms with Gasteiger partial charge in [0.1, 0.15) is 12.4 Å². The van der Waals surface area contributed by atoms with Crippen LogP contribution in [0.25, 0.3) is 0 Å². The number of rotatable bonds is 9. The first-order chi connectivity index (χ1) is 16.4. The van der Waals surface area contributed by atoms with Crippen molar-refractivity contribution < 1.29 is 17.9 Å². The Labute approximate surface area is 200 Å². The van der Waals surface area contributed by atoms with Gasteiger partial charge in [0.25, 0.3) is 0 Å². The van der Waals surface area contributed by atoms with Crippen molar-refractivity contribution in [1.82, 2.24) is 14.5 Å². The van der Waals surface area contributed by atoms with E-state index in [1.807, 2.05) is 6.07 Å². The van der Waals surface area contributed by atoms with Crippen LogP contribution in [0, 0.1) is 22.7 Å². The lowest BCUT2D eigenvalue weighted by Gasteiger charge is -2.45. The lowest BCUT2D eigenvalue weighted by Crippen LogP contribution is -2.60. The summed E-state index contributed by atoms with van der Waals surface area (Å²) in [6, 6.07) is 17.2. The summed E-state index contributed by atoms with van der Waals surface area (Å²) in [5.74, 6) is 0.750.